The number of carboxylic acids is 1. The van der Waals surface area contributed by atoms with Crippen LogP contribution >= 0.6 is 0 Å². The number of hydrogen-bond donors (Lipinski definition) is 12. The number of carbonyl (C=O) groups is 10. The van der Waals surface area contributed by atoms with E-state index in [1.54, 1.807) is 41.5 Å². The smallest absolute Gasteiger partial charge is 0.326 e. The average molecular weight is 933 g/mol. The molecule has 1 aliphatic rings. The van der Waals surface area contributed by atoms with Gasteiger partial charge in [-0.25, -0.2) is 4.79 Å². The van der Waals surface area contributed by atoms with Crippen LogP contribution in [0.25, 0.3) is 0 Å². The number of phenols is 1. The second-order valence-corrected chi connectivity index (χ2v) is 17.3. The largest absolute Gasteiger partial charge is 0.508 e. The zero-order valence-corrected chi connectivity index (χ0v) is 38.3. The number of aromatic hydroxyl groups is 1. The molecule has 0 radical (unpaired) electrons. The van der Waals surface area contributed by atoms with Crippen molar-refractivity contribution < 1.29 is 63.3 Å². The number of carbonyl (C=O) groups excluding carboxylic acids is 9. The molecule has 15 N–H and O–H groups in total. The summed E-state index contributed by atoms with van der Waals surface area (Å²) in [5.41, 5.74) is 16.7. The first kappa shape index (κ1) is 55.8. The first-order chi connectivity index (χ1) is 30.9. The summed E-state index contributed by atoms with van der Waals surface area (Å²) in [5.74, 6) is -10.3. The van der Waals surface area contributed by atoms with E-state index >= 15 is 0 Å². The Kier molecular flexibility index (Phi) is 22.4. The summed E-state index contributed by atoms with van der Waals surface area (Å²) < 4.78 is 0. The normalized spacial score (nSPS) is 17.2. The number of aliphatic carboxylic acids is 1. The topological polar surface area (TPSA) is 385 Å². The molecule has 2 rings (SSSR count). The molecule has 1 aromatic rings. The second-order valence-electron chi connectivity index (χ2n) is 17.3. The van der Waals surface area contributed by atoms with Crippen molar-refractivity contribution in [3.8, 4) is 5.75 Å². The first-order valence-corrected chi connectivity index (χ1v) is 22.0. The number of phenolic OH excluding ortho intramolecular Hbond substituents is 1. The Morgan fingerprint density at radius 1 is 0.727 bits per heavy atom. The minimum Gasteiger partial charge on any atom is -0.508 e. The molecule has 0 aromatic heterocycles. The van der Waals surface area contributed by atoms with Crippen LogP contribution in [0.3, 0.4) is 0 Å². The molecule has 0 unspecified atom stereocenters. The van der Waals surface area contributed by atoms with Gasteiger partial charge in [-0.15, -0.1) is 0 Å². The molecule has 1 saturated heterocycles. The lowest BCUT2D eigenvalue weighted by Gasteiger charge is -2.32. The fraction of sp³-hybridized carbons (Fsp3) is 0.628. The van der Waals surface area contributed by atoms with Crippen LogP contribution in [0.2, 0.25) is 0 Å². The van der Waals surface area contributed by atoms with E-state index in [1.807, 2.05) is 0 Å². The van der Waals surface area contributed by atoms with Crippen LogP contribution in [-0.4, -0.2) is 141 Å². The zero-order chi connectivity index (χ0) is 50.0. The number of likely N-dealkylation sites (tertiary alicyclic amines) is 1. The van der Waals surface area contributed by atoms with Crippen molar-refractivity contribution in [2.24, 2.45) is 35.0 Å². The maximum absolute atomic E-state index is 14.5. The SMILES string of the molecule is CC[C@H](C)[C@H](NC(=O)[C@@H]1CCCN1C(=O)[C@H](Cc1ccc(O)cc1)NC(=O)[C@H](CC(N)=O)NC(=O)[C@H](CCC(N)=O)NC(=O)[C@@H](N)CO)C(=O)N[C@H](C(=O)N[C@@H](CC(C)C)C(=O)O)C(C)C. The number of amides is 9. The molecule has 9 amide bonds. The maximum Gasteiger partial charge on any atom is 0.326 e. The van der Waals surface area contributed by atoms with E-state index in [0.29, 0.717) is 18.4 Å². The first-order valence-electron chi connectivity index (χ1n) is 22.0. The standard InChI is InChI=1S/C43H68N10O13/c1-7-23(6)35(41(63)51-34(22(4)5)40(62)50-30(43(65)66)17-21(2)3)52-39(61)31-9-8-16-53(31)42(64)29(18-24-10-12-25(55)13-11-24)49-38(60)28(19-33(46)57)48-37(59)27(14-15-32(45)56)47-36(58)26(44)20-54/h10-13,21-23,26-31,34-35,54-55H,7-9,14-20,44H2,1-6H3,(H2,45,56)(H2,46,57)(H,47,58)(H,48,59)(H,49,60)(H,50,62)(H,51,63)(H,52,61)(H,65,66)/t23-,26-,27-,28-,29-,30-,31-,34-,35-/m0/s1. The molecule has 9 atom stereocenters. The highest BCUT2D eigenvalue weighted by Gasteiger charge is 2.41. The summed E-state index contributed by atoms with van der Waals surface area (Å²) in [5, 5.41) is 43.9. The maximum atomic E-state index is 14.5. The van der Waals surface area contributed by atoms with Crippen molar-refractivity contribution in [3.63, 3.8) is 0 Å². The van der Waals surface area contributed by atoms with Crippen molar-refractivity contribution >= 4 is 59.1 Å². The van der Waals surface area contributed by atoms with Crippen LogP contribution in [0.4, 0.5) is 0 Å². The lowest BCUT2D eigenvalue weighted by molar-refractivity contribution is -0.143. The molecular weight excluding hydrogens is 865 g/mol. The van der Waals surface area contributed by atoms with E-state index in [9.17, 15) is 63.3 Å². The van der Waals surface area contributed by atoms with Crippen LogP contribution < -0.4 is 49.1 Å². The Morgan fingerprint density at radius 2 is 1.29 bits per heavy atom. The Hall–Kier alpha value is -6.36. The predicted octanol–water partition coefficient (Wildman–Crippen LogP) is -2.87. The van der Waals surface area contributed by atoms with E-state index in [0.717, 1.165) is 0 Å². The third-order valence-corrected chi connectivity index (χ3v) is 11.1. The van der Waals surface area contributed by atoms with Gasteiger partial charge in [0, 0.05) is 19.4 Å². The minimum atomic E-state index is -1.75. The number of aliphatic hydroxyl groups is 1. The van der Waals surface area contributed by atoms with E-state index < -0.39 is 139 Å². The molecule has 0 aliphatic carbocycles. The zero-order valence-electron chi connectivity index (χ0n) is 38.3. The number of rotatable bonds is 27. The average Bonchev–Trinajstić information content (AvgIpc) is 3.74. The molecule has 1 aromatic carbocycles. The molecule has 368 valence electrons. The fourth-order valence-electron chi connectivity index (χ4n) is 7.13. The summed E-state index contributed by atoms with van der Waals surface area (Å²) in [7, 11) is 0. The molecule has 1 heterocycles. The van der Waals surface area contributed by atoms with Crippen LogP contribution in [0.15, 0.2) is 24.3 Å². The van der Waals surface area contributed by atoms with Crippen LogP contribution in [0, 0.1) is 17.8 Å². The van der Waals surface area contributed by atoms with Crippen molar-refractivity contribution in [1.29, 1.82) is 0 Å². The monoisotopic (exact) mass is 932 g/mol. The van der Waals surface area contributed by atoms with Gasteiger partial charge in [-0.2, -0.15) is 0 Å². The molecule has 66 heavy (non-hydrogen) atoms. The summed E-state index contributed by atoms with van der Waals surface area (Å²) in [4.78, 5) is 133. The predicted molar refractivity (Wildman–Crippen MR) is 237 cm³/mol. The van der Waals surface area contributed by atoms with Gasteiger partial charge < -0.3 is 69.3 Å². The van der Waals surface area contributed by atoms with Crippen LogP contribution in [0.5, 0.6) is 5.75 Å². The Morgan fingerprint density at radius 3 is 1.82 bits per heavy atom. The summed E-state index contributed by atoms with van der Waals surface area (Å²) >= 11 is 0. The number of nitrogens with zero attached hydrogens (tertiary/aromatic N) is 1. The number of primary amides is 2. The van der Waals surface area contributed by atoms with E-state index in [2.05, 4.69) is 31.9 Å². The van der Waals surface area contributed by atoms with Gasteiger partial charge in [0.1, 0.15) is 54.1 Å². The Bertz CT molecular complexity index is 1900. The van der Waals surface area contributed by atoms with Gasteiger partial charge in [-0.1, -0.05) is 60.1 Å². The van der Waals surface area contributed by atoms with Crippen molar-refractivity contribution in [2.45, 2.75) is 141 Å². The van der Waals surface area contributed by atoms with Gasteiger partial charge in [-0.05, 0) is 61.1 Å². The third kappa shape index (κ3) is 17.6. The second kappa shape index (κ2) is 26.6. The Balaban J connectivity index is 2.44. The molecule has 23 nitrogen and oxygen atoms in total. The third-order valence-electron chi connectivity index (χ3n) is 11.1. The molecule has 1 fully saturated rings. The number of hydrogen-bond acceptors (Lipinski definition) is 13. The lowest BCUT2D eigenvalue weighted by atomic mass is 9.95. The summed E-state index contributed by atoms with van der Waals surface area (Å²) in [6.07, 6.45) is -0.759. The summed E-state index contributed by atoms with van der Waals surface area (Å²) in [6.45, 7) is 9.67. The number of nitrogens with two attached hydrogens (primary N) is 3. The van der Waals surface area contributed by atoms with Crippen molar-refractivity contribution in [3.05, 3.63) is 29.8 Å². The molecule has 0 spiro atoms. The van der Waals surface area contributed by atoms with Gasteiger partial charge in [0.15, 0.2) is 0 Å². The van der Waals surface area contributed by atoms with Crippen LogP contribution in [-0.2, 0) is 54.4 Å². The molecule has 23 heteroatoms. The Labute approximate surface area is 383 Å². The van der Waals surface area contributed by atoms with Gasteiger partial charge >= 0.3 is 5.97 Å². The van der Waals surface area contributed by atoms with E-state index in [-0.39, 0.29) is 43.9 Å². The highest BCUT2D eigenvalue weighted by molar-refractivity contribution is 5.99. The van der Waals surface area contributed by atoms with Gasteiger partial charge in [0.05, 0.1) is 13.0 Å². The van der Waals surface area contributed by atoms with Gasteiger partial charge in [-0.3, -0.25) is 43.2 Å². The van der Waals surface area contributed by atoms with Crippen molar-refractivity contribution in [1.82, 2.24) is 36.8 Å². The van der Waals surface area contributed by atoms with Gasteiger partial charge in [0.25, 0.3) is 0 Å². The number of aliphatic hydroxyl groups excluding tert-OH is 1. The minimum absolute atomic E-state index is 0.0362. The summed E-state index contributed by atoms with van der Waals surface area (Å²) in [6, 6.07) is -5.30. The van der Waals surface area contributed by atoms with E-state index in [4.69, 9.17) is 17.2 Å². The van der Waals surface area contributed by atoms with Crippen molar-refractivity contribution in [2.75, 3.05) is 13.2 Å². The highest BCUT2D eigenvalue weighted by atomic mass is 16.4. The van der Waals surface area contributed by atoms with Crippen LogP contribution in [0.1, 0.15) is 92.1 Å². The number of carboxylic acid groups (broad SMARTS) is 1. The van der Waals surface area contributed by atoms with Gasteiger partial charge in [0.2, 0.25) is 53.2 Å². The molecular formula is C43H68N10O13. The highest BCUT2D eigenvalue weighted by Crippen LogP contribution is 2.22. The quantitative estimate of drug-likeness (QED) is 0.0422. The number of nitrogens with one attached hydrogen (secondary N) is 6. The van der Waals surface area contributed by atoms with E-state index in [1.165, 1.54) is 29.2 Å². The molecule has 1 aliphatic heterocycles. The number of benzene rings is 1. The lowest BCUT2D eigenvalue weighted by Crippen LogP contribution is -2.61. The molecule has 0 saturated carbocycles. The fourth-order valence-corrected chi connectivity index (χ4v) is 7.13. The molecule has 0 bridgehead atoms.